The Morgan fingerprint density at radius 1 is 1.11 bits per heavy atom. The Kier molecular flexibility index (Phi) is 5.21. The third-order valence-corrected chi connectivity index (χ3v) is 4.87. The number of fused-ring (bicyclic) bond motifs is 3. The van der Waals surface area contributed by atoms with Gasteiger partial charge >= 0.3 is 11.9 Å². The van der Waals surface area contributed by atoms with E-state index in [9.17, 15) is 14.7 Å². The molecule has 0 fully saturated rings. The zero-order chi connectivity index (χ0) is 18.3. The molecule has 1 aliphatic rings. The highest BCUT2D eigenvalue weighted by Crippen LogP contribution is 2.35. The first-order valence-electron chi connectivity index (χ1n) is 8.35. The number of para-hydroxylation sites is 1. The van der Waals surface area contributed by atoms with Crippen molar-refractivity contribution in [3.8, 4) is 0 Å². The number of hydrogen-bond acceptors (Lipinski definition) is 4. The van der Waals surface area contributed by atoms with Crippen molar-refractivity contribution in [2.75, 3.05) is 7.11 Å². The molecule has 27 heavy (non-hydrogen) atoms. The summed E-state index contributed by atoms with van der Waals surface area (Å²) >= 11 is 0. The molecule has 0 radical (unpaired) electrons. The van der Waals surface area contributed by atoms with Gasteiger partial charge in [-0.2, -0.15) is 0 Å². The van der Waals surface area contributed by atoms with Gasteiger partial charge in [-0.1, -0.05) is 30.3 Å². The van der Waals surface area contributed by atoms with Crippen LogP contribution in [-0.4, -0.2) is 35.2 Å². The molecule has 2 heterocycles. The van der Waals surface area contributed by atoms with E-state index in [2.05, 4.69) is 10.3 Å². The average molecular weight is 387 g/mol. The lowest BCUT2D eigenvalue weighted by Gasteiger charge is -2.29. The lowest BCUT2D eigenvalue weighted by atomic mass is 9.90. The molecule has 0 saturated carbocycles. The van der Waals surface area contributed by atoms with Gasteiger partial charge < -0.3 is 14.8 Å². The van der Waals surface area contributed by atoms with E-state index in [-0.39, 0.29) is 18.4 Å². The van der Waals surface area contributed by atoms with Gasteiger partial charge in [0.15, 0.2) is 0 Å². The molecular formula is C20H19ClN2O4. The lowest BCUT2D eigenvalue weighted by molar-refractivity contribution is -0.139. The van der Waals surface area contributed by atoms with Crippen LogP contribution in [0.25, 0.3) is 10.9 Å². The Balaban J connectivity index is 0.00000210. The van der Waals surface area contributed by atoms with Gasteiger partial charge in [0.25, 0.3) is 0 Å². The quantitative estimate of drug-likeness (QED) is 0.602. The number of esters is 1. The van der Waals surface area contributed by atoms with Crippen LogP contribution in [0.2, 0.25) is 0 Å². The molecule has 0 saturated heterocycles. The first kappa shape index (κ1) is 18.9. The molecule has 0 bridgehead atoms. The van der Waals surface area contributed by atoms with Crippen LogP contribution in [0.3, 0.4) is 0 Å². The van der Waals surface area contributed by atoms with E-state index in [1.165, 1.54) is 7.11 Å². The first-order valence-corrected chi connectivity index (χ1v) is 8.35. The van der Waals surface area contributed by atoms with Gasteiger partial charge in [0.1, 0.15) is 6.04 Å². The maximum atomic E-state index is 11.6. The van der Waals surface area contributed by atoms with Crippen LogP contribution in [-0.2, 0) is 16.0 Å². The zero-order valence-corrected chi connectivity index (χ0v) is 15.4. The standard InChI is InChI=1S/C20H18N2O4.ClH/c1-26-20(25)12-8-6-11(7-9-12)17-18-14(10-16(22-17)19(23)24)13-4-2-3-5-15(13)21-18;/h2-9,16-17,21-22H,10H2,1H3,(H,23,24);1H. The van der Waals surface area contributed by atoms with E-state index in [0.717, 1.165) is 27.7 Å². The number of carbonyl (C=O) groups is 2. The van der Waals surface area contributed by atoms with Gasteiger partial charge in [-0.25, -0.2) is 4.79 Å². The summed E-state index contributed by atoms with van der Waals surface area (Å²) in [5, 5.41) is 13.8. The monoisotopic (exact) mass is 386 g/mol. The number of nitrogens with one attached hydrogen (secondary N) is 2. The third kappa shape index (κ3) is 3.29. The number of hydrogen-bond donors (Lipinski definition) is 3. The molecule has 7 heteroatoms. The number of carboxylic acid groups (broad SMARTS) is 1. The van der Waals surface area contributed by atoms with Gasteiger partial charge in [-0.15, -0.1) is 12.4 Å². The molecule has 4 rings (SSSR count). The molecule has 2 atom stereocenters. The van der Waals surface area contributed by atoms with E-state index < -0.39 is 18.0 Å². The molecule has 0 amide bonds. The molecule has 3 N–H and O–H groups in total. The number of ether oxygens (including phenoxy) is 1. The van der Waals surface area contributed by atoms with Crippen LogP contribution in [0.1, 0.15) is 33.2 Å². The Labute approximate surface area is 161 Å². The number of aromatic nitrogens is 1. The molecule has 6 nitrogen and oxygen atoms in total. The Hall–Kier alpha value is -2.83. The van der Waals surface area contributed by atoms with Gasteiger partial charge in [0, 0.05) is 23.0 Å². The smallest absolute Gasteiger partial charge is 0.337 e. The normalized spacial score (nSPS) is 18.4. The van der Waals surface area contributed by atoms with Crippen molar-refractivity contribution in [3.05, 3.63) is 70.9 Å². The second kappa shape index (κ2) is 7.42. The van der Waals surface area contributed by atoms with Crippen molar-refractivity contribution >= 4 is 35.2 Å². The number of H-pyrrole nitrogens is 1. The van der Waals surface area contributed by atoms with Crippen molar-refractivity contribution in [2.24, 2.45) is 0 Å². The average Bonchev–Trinajstić information content (AvgIpc) is 3.05. The number of rotatable bonds is 3. The minimum atomic E-state index is -0.878. The summed E-state index contributed by atoms with van der Waals surface area (Å²) in [6.07, 6.45) is 0.422. The molecule has 3 aromatic rings. The number of benzene rings is 2. The van der Waals surface area contributed by atoms with Crippen molar-refractivity contribution in [1.82, 2.24) is 10.3 Å². The summed E-state index contributed by atoms with van der Waals surface area (Å²) in [6.45, 7) is 0. The van der Waals surface area contributed by atoms with Gasteiger partial charge in [0.05, 0.1) is 18.7 Å². The number of carbonyl (C=O) groups excluding carboxylic acids is 1. The third-order valence-electron chi connectivity index (χ3n) is 4.87. The molecule has 0 aliphatic carbocycles. The highest BCUT2D eigenvalue weighted by atomic mass is 35.5. The number of carboxylic acids is 1. The number of methoxy groups -OCH3 is 1. The van der Waals surface area contributed by atoms with Gasteiger partial charge in [0.2, 0.25) is 0 Å². The number of aromatic amines is 1. The minimum absolute atomic E-state index is 0. The van der Waals surface area contributed by atoms with Crippen LogP contribution in [0, 0.1) is 0 Å². The van der Waals surface area contributed by atoms with E-state index >= 15 is 0 Å². The van der Waals surface area contributed by atoms with Crippen LogP contribution >= 0.6 is 12.4 Å². The molecule has 2 aromatic carbocycles. The minimum Gasteiger partial charge on any atom is -0.480 e. The van der Waals surface area contributed by atoms with Crippen molar-refractivity contribution in [2.45, 2.75) is 18.5 Å². The van der Waals surface area contributed by atoms with Gasteiger partial charge in [-0.3, -0.25) is 10.1 Å². The van der Waals surface area contributed by atoms with E-state index in [1.54, 1.807) is 12.1 Å². The maximum absolute atomic E-state index is 11.6. The zero-order valence-electron chi connectivity index (χ0n) is 14.6. The summed E-state index contributed by atoms with van der Waals surface area (Å²) in [7, 11) is 1.34. The van der Waals surface area contributed by atoms with Gasteiger partial charge in [-0.05, 0) is 29.3 Å². The SMILES string of the molecule is COC(=O)c1ccc(C2NC(C(=O)O)Cc3c2[nH]c2ccccc32)cc1.Cl. The highest BCUT2D eigenvalue weighted by Gasteiger charge is 2.33. The first-order chi connectivity index (χ1) is 12.6. The Bertz CT molecular complexity index is 997. The Morgan fingerprint density at radius 2 is 1.81 bits per heavy atom. The fourth-order valence-electron chi connectivity index (χ4n) is 3.59. The predicted molar refractivity (Wildman–Crippen MR) is 103 cm³/mol. The fraction of sp³-hybridized carbons (Fsp3) is 0.200. The van der Waals surface area contributed by atoms with E-state index in [0.29, 0.717) is 12.0 Å². The Morgan fingerprint density at radius 3 is 2.48 bits per heavy atom. The second-order valence-corrected chi connectivity index (χ2v) is 6.37. The fourth-order valence-corrected chi connectivity index (χ4v) is 3.59. The van der Waals surface area contributed by atoms with Crippen molar-refractivity contribution in [1.29, 1.82) is 0 Å². The number of aliphatic carboxylic acids is 1. The second-order valence-electron chi connectivity index (χ2n) is 6.37. The molecule has 1 aromatic heterocycles. The highest BCUT2D eigenvalue weighted by molar-refractivity contribution is 5.89. The molecular weight excluding hydrogens is 368 g/mol. The van der Waals surface area contributed by atoms with Crippen LogP contribution < -0.4 is 5.32 Å². The molecule has 0 spiro atoms. The van der Waals surface area contributed by atoms with Crippen molar-refractivity contribution < 1.29 is 19.4 Å². The summed E-state index contributed by atoms with van der Waals surface area (Å²) in [5.74, 6) is -1.28. The summed E-state index contributed by atoms with van der Waals surface area (Å²) < 4.78 is 4.73. The molecule has 1 aliphatic heterocycles. The summed E-state index contributed by atoms with van der Waals surface area (Å²) in [6, 6.07) is 14.0. The molecule has 140 valence electrons. The largest absolute Gasteiger partial charge is 0.480 e. The van der Waals surface area contributed by atoms with E-state index in [1.807, 2.05) is 36.4 Å². The summed E-state index contributed by atoms with van der Waals surface area (Å²) in [4.78, 5) is 26.7. The topological polar surface area (TPSA) is 91.4 Å². The van der Waals surface area contributed by atoms with Crippen molar-refractivity contribution in [3.63, 3.8) is 0 Å². The summed E-state index contributed by atoms with van der Waals surface area (Å²) in [5.41, 5.74) is 4.32. The van der Waals surface area contributed by atoms with E-state index in [4.69, 9.17) is 4.74 Å². The number of halogens is 1. The van der Waals surface area contributed by atoms with Crippen LogP contribution in [0.5, 0.6) is 0 Å². The van der Waals surface area contributed by atoms with Crippen LogP contribution in [0.15, 0.2) is 48.5 Å². The maximum Gasteiger partial charge on any atom is 0.337 e. The van der Waals surface area contributed by atoms with Crippen LogP contribution in [0.4, 0.5) is 0 Å². The predicted octanol–water partition coefficient (Wildman–Crippen LogP) is 3.06. The lowest BCUT2D eigenvalue weighted by Crippen LogP contribution is -2.44. The molecule has 2 unspecified atom stereocenters.